The van der Waals surface area contributed by atoms with Gasteiger partial charge >= 0.3 is 17.9 Å². The standard InChI is InChI=1S/C66H116O6/c1-4-7-10-13-16-19-22-24-26-27-28-29-30-31-32-33-34-35-36-37-38-39-40-42-44-47-50-53-56-59-65(68)71-62-63(61-70-64(67)58-55-52-49-46-43-21-18-15-12-9-6-3)72-66(69)60-57-54-51-48-45-41-25-23-20-17-14-11-8-5-2/h7,10,15-16,18-19,24,26,28-29,31-32,63H,4-6,8-9,11-14,17,20-23,25,27,30,33-62H2,1-3H3/b10-7-,18-15-,19-16-,26-24-,29-28-,32-31-. The van der Waals surface area contributed by atoms with Crippen molar-refractivity contribution in [2.75, 3.05) is 13.2 Å². The molecule has 0 saturated carbocycles. The van der Waals surface area contributed by atoms with Gasteiger partial charge in [-0.05, 0) is 83.5 Å². The Morgan fingerprint density at radius 2 is 0.556 bits per heavy atom. The predicted octanol–water partition coefficient (Wildman–Crippen LogP) is 20.9. The lowest BCUT2D eigenvalue weighted by atomic mass is 10.0. The van der Waals surface area contributed by atoms with Crippen LogP contribution in [0.5, 0.6) is 0 Å². The molecule has 0 heterocycles. The van der Waals surface area contributed by atoms with Crippen molar-refractivity contribution in [2.45, 2.75) is 316 Å². The van der Waals surface area contributed by atoms with Crippen molar-refractivity contribution in [3.05, 3.63) is 72.9 Å². The van der Waals surface area contributed by atoms with Crippen LogP contribution in [0.3, 0.4) is 0 Å². The maximum absolute atomic E-state index is 12.8. The summed E-state index contributed by atoms with van der Waals surface area (Å²) in [7, 11) is 0. The first kappa shape index (κ1) is 68.8. The normalized spacial score (nSPS) is 12.5. The van der Waals surface area contributed by atoms with Gasteiger partial charge in [0.05, 0.1) is 0 Å². The van der Waals surface area contributed by atoms with Crippen LogP contribution in [0, 0.1) is 0 Å². The highest BCUT2D eigenvalue weighted by Crippen LogP contribution is 2.17. The quantitative estimate of drug-likeness (QED) is 0.0261. The molecular formula is C66H116O6. The topological polar surface area (TPSA) is 78.9 Å². The lowest BCUT2D eigenvalue weighted by Crippen LogP contribution is -2.30. The first-order valence-corrected chi connectivity index (χ1v) is 30.9. The molecule has 0 aliphatic carbocycles. The Kier molecular flexibility index (Phi) is 57.8. The molecule has 416 valence electrons. The fraction of sp³-hybridized carbons (Fsp3) is 0.773. The highest BCUT2D eigenvalue weighted by molar-refractivity contribution is 5.71. The van der Waals surface area contributed by atoms with E-state index in [4.69, 9.17) is 14.2 Å². The fourth-order valence-corrected chi connectivity index (χ4v) is 8.81. The second kappa shape index (κ2) is 60.4. The van der Waals surface area contributed by atoms with Crippen molar-refractivity contribution in [1.82, 2.24) is 0 Å². The maximum atomic E-state index is 12.8. The number of unbranched alkanes of at least 4 members (excludes halogenated alkanes) is 33. The molecule has 1 unspecified atom stereocenters. The predicted molar refractivity (Wildman–Crippen MR) is 311 cm³/mol. The third kappa shape index (κ3) is 57.7. The van der Waals surface area contributed by atoms with Gasteiger partial charge in [-0.15, -0.1) is 0 Å². The highest BCUT2D eigenvalue weighted by atomic mass is 16.6. The Hall–Kier alpha value is -3.15. The Bertz CT molecular complexity index is 1340. The van der Waals surface area contributed by atoms with Gasteiger partial charge in [0.1, 0.15) is 13.2 Å². The average Bonchev–Trinajstić information content (AvgIpc) is 3.38. The first-order chi connectivity index (χ1) is 35.5. The molecule has 0 N–H and O–H groups in total. The highest BCUT2D eigenvalue weighted by Gasteiger charge is 2.19. The molecule has 0 bridgehead atoms. The molecular weight excluding hydrogens is 889 g/mol. The summed E-state index contributed by atoms with van der Waals surface area (Å²) in [6, 6.07) is 0. The van der Waals surface area contributed by atoms with Crippen LogP contribution in [0.2, 0.25) is 0 Å². The van der Waals surface area contributed by atoms with Crippen molar-refractivity contribution >= 4 is 17.9 Å². The zero-order valence-electron chi connectivity index (χ0n) is 47.7. The van der Waals surface area contributed by atoms with E-state index in [0.29, 0.717) is 19.3 Å². The average molecular weight is 1010 g/mol. The van der Waals surface area contributed by atoms with E-state index in [9.17, 15) is 14.4 Å². The van der Waals surface area contributed by atoms with Crippen molar-refractivity contribution in [3.63, 3.8) is 0 Å². The number of allylic oxidation sites excluding steroid dienone is 12. The molecule has 0 spiro atoms. The summed E-state index contributed by atoms with van der Waals surface area (Å²) in [4.78, 5) is 38.1. The summed E-state index contributed by atoms with van der Waals surface area (Å²) < 4.78 is 16.9. The third-order valence-electron chi connectivity index (χ3n) is 13.4. The van der Waals surface area contributed by atoms with E-state index in [1.807, 2.05) is 0 Å². The molecule has 0 radical (unpaired) electrons. The first-order valence-electron chi connectivity index (χ1n) is 30.9. The van der Waals surface area contributed by atoms with E-state index in [2.05, 4.69) is 93.7 Å². The van der Waals surface area contributed by atoms with Gasteiger partial charge in [0.15, 0.2) is 6.10 Å². The molecule has 0 rings (SSSR count). The minimum Gasteiger partial charge on any atom is -0.462 e. The van der Waals surface area contributed by atoms with E-state index in [1.54, 1.807) is 0 Å². The zero-order valence-corrected chi connectivity index (χ0v) is 47.7. The SMILES string of the molecule is CC/C=C\C/C=C\C/C=C\C/C=C\C/C=C\CCCCCCCCCCCCCCCC(=O)OCC(COC(=O)CCCCCCC/C=C\CCCC)OC(=O)CCCCCCCCCCCCCCCC. The molecule has 0 amide bonds. The minimum absolute atomic E-state index is 0.0748. The molecule has 0 fully saturated rings. The van der Waals surface area contributed by atoms with Crippen LogP contribution in [0.15, 0.2) is 72.9 Å². The Labute approximate surface area is 446 Å². The monoisotopic (exact) mass is 1000 g/mol. The molecule has 0 aromatic carbocycles. The smallest absolute Gasteiger partial charge is 0.306 e. The molecule has 72 heavy (non-hydrogen) atoms. The zero-order chi connectivity index (χ0) is 52.2. The summed E-state index contributed by atoms with van der Waals surface area (Å²) in [6.07, 6.45) is 77.7. The molecule has 6 nitrogen and oxygen atoms in total. The number of carbonyl (C=O) groups excluding carboxylic acids is 3. The van der Waals surface area contributed by atoms with Gasteiger partial charge in [0.2, 0.25) is 0 Å². The van der Waals surface area contributed by atoms with Crippen LogP contribution in [-0.4, -0.2) is 37.2 Å². The minimum atomic E-state index is -0.775. The fourth-order valence-electron chi connectivity index (χ4n) is 8.81. The van der Waals surface area contributed by atoms with E-state index >= 15 is 0 Å². The van der Waals surface area contributed by atoms with Gasteiger partial charge in [-0.2, -0.15) is 0 Å². The van der Waals surface area contributed by atoms with Gasteiger partial charge < -0.3 is 14.2 Å². The largest absolute Gasteiger partial charge is 0.462 e. The number of hydrogen-bond acceptors (Lipinski definition) is 6. The van der Waals surface area contributed by atoms with Crippen LogP contribution in [0.25, 0.3) is 0 Å². The summed E-state index contributed by atoms with van der Waals surface area (Å²) in [5.74, 6) is -0.873. The molecule has 0 aromatic rings. The van der Waals surface area contributed by atoms with Gasteiger partial charge in [0, 0.05) is 19.3 Å². The van der Waals surface area contributed by atoms with Gasteiger partial charge in [-0.1, -0.05) is 280 Å². The van der Waals surface area contributed by atoms with Crippen molar-refractivity contribution in [2.24, 2.45) is 0 Å². The van der Waals surface area contributed by atoms with Gasteiger partial charge in [-0.25, -0.2) is 0 Å². The van der Waals surface area contributed by atoms with Gasteiger partial charge in [0.25, 0.3) is 0 Å². The summed E-state index contributed by atoms with van der Waals surface area (Å²) in [5.41, 5.74) is 0. The van der Waals surface area contributed by atoms with Crippen LogP contribution >= 0.6 is 0 Å². The maximum Gasteiger partial charge on any atom is 0.306 e. The van der Waals surface area contributed by atoms with Crippen molar-refractivity contribution < 1.29 is 28.6 Å². The van der Waals surface area contributed by atoms with Crippen LogP contribution < -0.4 is 0 Å². The summed E-state index contributed by atoms with van der Waals surface area (Å²) in [6.45, 7) is 6.51. The molecule has 0 saturated heterocycles. The Morgan fingerprint density at radius 1 is 0.292 bits per heavy atom. The van der Waals surface area contributed by atoms with E-state index in [-0.39, 0.29) is 31.1 Å². The lowest BCUT2D eigenvalue weighted by Gasteiger charge is -2.18. The number of ether oxygens (including phenoxy) is 3. The second-order valence-corrected chi connectivity index (χ2v) is 20.6. The summed E-state index contributed by atoms with van der Waals surface area (Å²) in [5, 5.41) is 0. The van der Waals surface area contributed by atoms with Crippen LogP contribution in [0.1, 0.15) is 310 Å². The number of carbonyl (C=O) groups is 3. The molecule has 6 heteroatoms. The number of hydrogen-bond donors (Lipinski definition) is 0. The second-order valence-electron chi connectivity index (χ2n) is 20.6. The van der Waals surface area contributed by atoms with Crippen LogP contribution in [-0.2, 0) is 28.6 Å². The molecule has 1 atom stereocenters. The Balaban J connectivity index is 4.17. The van der Waals surface area contributed by atoms with E-state index < -0.39 is 6.10 Å². The number of rotatable bonds is 56. The molecule has 0 aliphatic heterocycles. The Morgan fingerprint density at radius 3 is 0.903 bits per heavy atom. The van der Waals surface area contributed by atoms with Crippen LogP contribution in [0.4, 0.5) is 0 Å². The molecule has 0 aliphatic rings. The summed E-state index contributed by atoms with van der Waals surface area (Å²) >= 11 is 0. The van der Waals surface area contributed by atoms with Gasteiger partial charge in [-0.3, -0.25) is 14.4 Å². The van der Waals surface area contributed by atoms with Crippen molar-refractivity contribution in [3.8, 4) is 0 Å². The van der Waals surface area contributed by atoms with E-state index in [1.165, 1.54) is 173 Å². The number of esters is 3. The third-order valence-corrected chi connectivity index (χ3v) is 13.4. The van der Waals surface area contributed by atoms with Crippen molar-refractivity contribution in [1.29, 1.82) is 0 Å². The molecule has 0 aromatic heterocycles. The van der Waals surface area contributed by atoms with E-state index in [0.717, 1.165) is 96.3 Å². The lowest BCUT2D eigenvalue weighted by molar-refractivity contribution is -0.167.